The highest BCUT2D eigenvalue weighted by Gasteiger charge is 2.26. The number of sulfonamides is 1. The maximum Gasteiger partial charge on any atom is 0.256 e. The van der Waals surface area contributed by atoms with Crippen LogP contribution in [0.1, 0.15) is 29.8 Å². The summed E-state index contributed by atoms with van der Waals surface area (Å²) < 4.78 is 24.1. The van der Waals surface area contributed by atoms with E-state index in [1.165, 1.54) is 0 Å². The second-order valence-corrected chi connectivity index (χ2v) is 7.05. The van der Waals surface area contributed by atoms with Gasteiger partial charge in [0, 0.05) is 5.56 Å². The molecule has 6 nitrogen and oxygen atoms in total. The van der Waals surface area contributed by atoms with Crippen LogP contribution in [0.2, 0.25) is 0 Å². The Morgan fingerprint density at radius 2 is 1.62 bits per heavy atom. The first-order valence-corrected chi connectivity index (χ1v) is 8.38. The van der Waals surface area contributed by atoms with Crippen molar-refractivity contribution in [2.45, 2.75) is 26.8 Å². The van der Waals surface area contributed by atoms with E-state index >= 15 is 0 Å². The number of benzene rings is 1. The van der Waals surface area contributed by atoms with Crippen molar-refractivity contribution in [1.29, 1.82) is 0 Å². The van der Waals surface area contributed by atoms with Gasteiger partial charge in [-0.05, 0) is 25.0 Å². The van der Waals surface area contributed by atoms with Crippen LogP contribution in [0, 0.1) is 12.8 Å². The number of amides is 2. The summed E-state index contributed by atoms with van der Waals surface area (Å²) in [5.41, 5.74) is 1.43. The molecule has 0 fully saturated rings. The number of nitrogens with one attached hydrogen (secondary N) is 2. The summed E-state index contributed by atoms with van der Waals surface area (Å²) in [6, 6.07) is 5.95. The summed E-state index contributed by atoms with van der Waals surface area (Å²) in [6.45, 7) is 5.35. The molecule has 0 saturated carbocycles. The van der Waals surface area contributed by atoms with E-state index < -0.39 is 27.9 Å². The highest BCUT2D eigenvalue weighted by molar-refractivity contribution is 7.89. The van der Waals surface area contributed by atoms with Crippen LogP contribution in [0.4, 0.5) is 0 Å². The Balaban J connectivity index is 2.86. The summed E-state index contributed by atoms with van der Waals surface area (Å²) in [4.78, 5) is 24.0. The van der Waals surface area contributed by atoms with Gasteiger partial charge >= 0.3 is 0 Å². The van der Waals surface area contributed by atoms with Gasteiger partial charge in [0.15, 0.2) is 0 Å². The summed E-state index contributed by atoms with van der Waals surface area (Å²) in [5, 5.41) is 2.56. The smallest absolute Gasteiger partial charge is 0.256 e. The zero-order valence-electron chi connectivity index (χ0n) is 12.5. The highest BCUT2D eigenvalue weighted by Crippen LogP contribution is 2.07. The molecule has 0 heterocycles. The van der Waals surface area contributed by atoms with E-state index in [0.717, 1.165) is 11.8 Å². The highest BCUT2D eigenvalue weighted by atomic mass is 32.2. The second kappa shape index (κ2) is 6.71. The Kier molecular flexibility index (Phi) is 5.48. The van der Waals surface area contributed by atoms with Crippen molar-refractivity contribution in [3.8, 4) is 0 Å². The van der Waals surface area contributed by atoms with Gasteiger partial charge in [-0.25, -0.2) is 8.42 Å². The molecule has 2 amide bonds. The molecular weight excluding hydrogens is 292 g/mol. The van der Waals surface area contributed by atoms with Crippen LogP contribution in [0.15, 0.2) is 24.3 Å². The third kappa shape index (κ3) is 5.55. The van der Waals surface area contributed by atoms with Gasteiger partial charge < -0.3 is 5.32 Å². The van der Waals surface area contributed by atoms with Gasteiger partial charge in [0.05, 0.1) is 6.26 Å². The predicted molar refractivity (Wildman–Crippen MR) is 80.3 cm³/mol. The Labute approximate surface area is 125 Å². The minimum atomic E-state index is -3.66. The van der Waals surface area contributed by atoms with Crippen LogP contribution < -0.4 is 10.0 Å². The van der Waals surface area contributed by atoms with E-state index in [4.69, 9.17) is 0 Å². The van der Waals surface area contributed by atoms with Crippen molar-refractivity contribution in [2.24, 2.45) is 5.92 Å². The first-order chi connectivity index (χ1) is 9.60. The average Bonchev–Trinajstić information content (AvgIpc) is 2.33. The molecular formula is C14H20N2O4S. The largest absolute Gasteiger partial charge is 0.340 e. The minimum absolute atomic E-state index is 0.249. The lowest BCUT2D eigenvalue weighted by Gasteiger charge is -2.21. The van der Waals surface area contributed by atoms with Gasteiger partial charge in [0.1, 0.15) is 6.04 Å². The molecule has 0 spiro atoms. The number of hydrogen-bond acceptors (Lipinski definition) is 4. The summed E-state index contributed by atoms with van der Waals surface area (Å²) in [6.07, 6.45) is 0.893. The molecule has 1 unspecified atom stereocenters. The average molecular weight is 312 g/mol. The van der Waals surface area contributed by atoms with Crippen molar-refractivity contribution in [1.82, 2.24) is 10.0 Å². The van der Waals surface area contributed by atoms with E-state index in [1.54, 1.807) is 38.1 Å². The van der Waals surface area contributed by atoms with Crippen LogP contribution in [0.5, 0.6) is 0 Å². The Hall–Kier alpha value is -1.89. The van der Waals surface area contributed by atoms with Crippen molar-refractivity contribution in [3.05, 3.63) is 35.4 Å². The van der Waals surface area contributed by atoms with Crippen molar-refractivity contribution >= 4 is 21.8 Å². The van der Waals surface area contributed by atoms with Gasteiger partial charge in [-0.1, -0.05) is 31.5 Å². The maximum absolute atomic E-state index is 12.1. The van der Waals surface area contributed by atoms with Crippen LogP contribution in [0.3, 0.4) is 0 Å². The van der Waals surface area contributed by atoms with Crippen molar-refractivity contribution < 1.29 is 18.0 Å². The summed E-state index contributed by atoms with van der Waals surface area (Å²) in [7, 11) is -3.66. The first-order valence-electron chi connectivity index (χ1n) is 6.49. The molecule has 0 aliphatic carbocycles. The number of carbonyl (C=O) groups excluding carboxylic acids is 2. The third-order valence-corrected chi connectivity index (χ3v) is 3.41. The molecule has 1 aromatic carbocycles. The zero-order chi connectivity index (χ0) is 16.2. The number of carbonyl (C=O) groups is 2. The molecule has 1 atom stereocenters. The molecule has 0 aromatic heterocycles. The molecule has 0 radical (unpaired) electrons. The van der Waals surface area contributed by atoms with E-state index in [9.17, 15) is 18.0 Å². The van der Waals surface area contributed by atoms with Crippen LogP contribution in [-0.2, 0) is 14.8 Å². The van der Waals surface area contributed by atoms with E-state index in [0.29, 0.717) is 5.56 Å². The Morgan fingerprint density at radius 3 is 2.05 bits per heavy atom. The number of hydrogen-bond donors (Lipinski definition) is 2. The first kappa shape index (κ1) is 17.2. The topological polar surface area (TPSA) is 92.3 Å². The maximum atomic E-state index is 12.1. The van der Waals surface area contributed by atoms with Crippen molar-refractivity contribution in [3.63, 3.8) is 0 Å². The van der Waals surface area contributed by atoms with Gasteiger partial charge in [0.2, 0.25) is 10.0 Å². The summed E-state index contributed by atoms with van der Waals surface area (Å²) in [5.74, 6) is -1.41. The quantitative estimate of drug-likeness (QED) is 0.842. The monoisotopic (exact) mass is 312 g/mol. The van der Waals surface area contributed by atoms with Crippen molar-refractivity contribution in [2.75, 3.05) is 6.26 Å². The zero-order valence-corrected chi connectivity index (χ0v) is 13.3. The van der Waals surface area contributed by atoms with Crippen LogP contribution >= 0.6 is 0 Å². The molecule has 2 N–H and O–H groups in total. The molecule has 1 aromatic rings. The van der Waals surface area contributed by atoms with Gasteiger partial charge in [-0.3, -0.25) is 14.3 Å². The van der Waals surface area contributed by atoms with Crippen LogP contribution in [0.25, 0.3) is 0 Å². The Bertz CT molecular complexity index is 621. The van der Waals surface area contributed by atoms with E-state index in [1.807, 2.05) is 11.6 Å². The van der Waals surface area contributed by atoms with E-state index in [2.05, 4.69) is 5.32 Å². The fourth-order valence-corrected chi connectivity index (χ4v) is 2.20. The molecule has 0 aliphatic rings. The SMILES string of the molecule is Cc1ccc(C(=O)NC(C(=O)NS(C)(=O)=O)C(C)C)cc1. The van der Waals surface area contributed by atoms with Gasteiger partial charge in [0.25, 0.3) is 11.8 Å². The lowest BCUT2D eigenvalue weighted by atomic mass is 10.0. The fourth-order valence-electron chi connectivity index (χ4n) is 1.71. The molecule has 0 aliphatic heterocycles. The van der Waals surface area contributed by atoms with Gasteiger partial charge in [-0.2, -0.15) is 0 Å². The standard InChI is InChI=1S/C14H20N2O4S/c1-9(2)12(14(18)16-21(4,19)20)15-13(17)11-7-5-10(3)6-8-11/h5-9,12H,1-4H3,(H,15,17)(H,16,18). The molecule has 7 heteroatoms. The van der Waals surface area contributed by atoms with Gasteiger partial charge in [-0.15, -0.1) is 0 Å². The molecule has 0 bridgehead atoms. The van der Waals surface area contributed by atoms with Crippen LogP contribution in [-0.4, -0.2) is 32.5 Å². The van der Waals surface area contributed by atoms with E-state index in [-0.39, 0.29) is 5.92 Å². The number of aryl methyl sites for hydroxylation is 1. The minimum Gasteiger partial charge on any atom is -0.340 e. The predicted octanol–water partition coefficient (Wildman–Crippen LogP) is 0.825. The lowest BCUT2D eigenvalue weighted by Crippen LogP contribution is -2.50. The Morgan fingerprint density at radius 1 is 1.10 bits per heavy atom. The fraction of sp³-hybridized carbons (Fsp3) is 0.429. The molecule has 0 saturated heterocycles. The second-order valence-electron chi connectivity index (χ2n) is 5.30. The normalized spacial score (nSPS) is 12.8. The summed E-state index contributed by atoms with van der Waals surface area (Å²) >= 11 is 0. The molecule has 1 rings (SSSR count). The lowest BCUT2D eigenvalue weighted by molar-refractivity contribution is -0.122. The molecule has 21 heavy (non-hydrogen) atoms. The number of rotatable bonds is 5. The molecule has 116 valence electrons. The third-order valence-electron chi connectivity index (χ3n) is 2.84.